The first kappa shape index (κ1) is 44.7. The molecule has 3 N–H and O–H groups in total. The van der Waals surface area contributed by atoms with E-state index in [0.29, 0.717) is 17.4 Å². The number of phosphoric ester groups is 1. The van der Waals surface area contributed by atoms with Crippen LogP contribution in [-0.4, -0.2) is 73.4 Å². The number of hydrogen-bond acceptors (Lipinski definition) is 5. The third kappa shape index (κ3) is 31.3. The lowest BCUT2D eigenvalue weighted by Crippen LogP contribution is -2.45. The zero-order valence-electron chi connectivity index (χ0n) is 30.3. The normalized spacial score (nSPS) is 15.2. The van der Waals surface area contributed by atoms with Crippen molar-refractivity contribution < 1.29 is 32.9 Å². The average molecular weight is 672 g/mol. The maximum absolute atomic E-state index is 12.7. The van der Waals surface area contributed by atoms with Gasteiger partial charge in [0.1, 0.15) is 13.2 Å². The fourth-order valence-corrected chi connectivity index (χ4v) is 5.70. The molecule has 0 aromatic rings. The molecule has 0 aliphatic rings. The topological polar surface area (TPSA) is 105 Å². The third-order valence-corrected chi connectivity index (χ3v) is 8.92. The Morgan fingerprint density at radius 1 is 0.761 bits per heavy atom. The molecular formula is C37H72N2O6P+. The summed E-state index contributed by atoms with van der Waals surface area (Å²) in [5.74, 6) is -0.196. The van der Waals surface area contributed by atoms with E-state index in [0.717, 1.165) is 44.9 Å². The van der Waals surface area contributed by atoms with E-state index < -0.39 is 20.0 Å². The van der Waals surface area contributed by atoms with Gasteiger partial charge in [0.25, 0.3) is 0 Å². The van der Waals surface area contributed by atoms with Crippen LogP contribution in [0.4, 0.5) is 0 Å². The molecule has 270 valence electrons. The van der Waals surface area contributed by atoms with Crippen LogP contribution >= 0.6 is 7.82 Å². The molecule has 0 radical (unpaired) electrons. The fraction of sp³-hybridized carbons (Fsp3) is 0.811. The molecule has 46 heavy (non-hydrogen) atoms. The first-order valence-corrected chi connectivity index (χ1v) is 19.8. The SMILES string of the molecule is C/C=C/CC/C=C/CC/C=C/C(O)C(COP(=O)(O)OCC[N+](C)(C)C)NC(=O)CCCCCCCCCCCCCCCCC. The highest BCUT2D eigenvalue weighted by Gasteiger charge is 2.27. The minimum absolute atomic E-state index is 0.0538. The molecule has 0 aliphatic carbocycles. The van der Waals surface area contributed by atoms with E-state index in [-0.39, 0.29) is 19.1 Å². The largest absolute Gasteiger partial charge is 0.472 e. The van der Waals surface area contributed by atoms with Gasteiger partial charge in [0, 0.05) is 6.42 Å². The van der Waals surface area contributed by atoms with E-state index in [2.05, 4.69) is 30.5 Å². The lowest BCUT2D eigenvalue weighted by molar-refractivity contribution is -0.870. The Bertz CT molecular complexity index is 855. The molecule has 3 unspecified atom stereocenters. The smallest absolute Gasteiger partial charge is 0.387 e. The first-order chi connectivity index (χ1) is 22.0. The predicted octanol–water partition coefficient (Wildman–Crippen LogP) is 9.18. The van der Waals surface area contributed by atoms with Crippen LogP contribution in [0.1, 0.15) is 142 Å². The van der Waals surface area contributed by atoms with Crippen molar-refractivity contribution in [3.8, 4) is 0 Å². The molecular weight excluding hydrogens is 599 g/mol. The van der Waals surface area contributed by atoms with Gasteiger partial charge in [0.05, 0.1) is 39.9 Å². The zero-order valence-corrected chi connectivity index (χ0v) is 31.2. The molecule has 0 aliphatic heterocycles. The van der Waals surface area contributed by atoms with Crippen LogP contribution in [0.15, 0.2) is 36.5 Å². The number of aliphatic hydroxyl groups excluding tert-OH is 1. The van der Waals surface area contributed by atoms with Gasteiger partial charge in [0.15, 0.2) is 0 Å². The Kier molecular flexibility index (Phi) is 29.0. The van der Waals surface area contributed by atoms with Crippen molar-refractivity contribution in [1.29, 1.82) is 0 Å². The fourth-order valence-electron chi connectivity index (χ4n) is 4.96. The second-order valence-electron chi connectivity index (χ2n) is 13.6. The number of carbonyl (C=O) groups excluding carboxylic acids is 1. The summed E-state index contributed by atoms with van der Waals surface area (Å²) in [5, 5.41) is 13.6. The highest BCUT2D eigenvalue weighted by molar-refractivity contribution is 7.47. The number of allylic oxidation sites excluding steroid dienone is 5. The molecule has 0 saturated carbocycles. The van der Waals surface area contributed by atoms with Gasteiger partial charge < -0.3 is 19.8 Å². The molecule has 0 bridgehead atoms. The molecule has 8 nitrogen and oxygen atoms in total. The molecule has 0 spiro atoms. The summed E-state index contributed by atoms with van der Waals surface area (Å²) in [6.45, 7) is 4.53. The number of phosphoric acid groups is 1. The van der Waals surface area contributed by atoms with E-state index in [4.69, 9.17) is 9.05 Å². The first-order valence-electron chi connectivity index (χ1n) is 18.3. The predicted molar refractivity (Wildman–Crippen MR) is 194 cm³/mol. The quantitative estimate of drug-likeness (QED) is 0.0285. The number of rotatable bonds is 32. The summed E-state index contributed by atoms with van der Waals surface area (Å²) in [5.41, 5.74) is 0. The summed E-state index contributed by atoms with van der Waals surface area (Å²) < 4.78 is 23.3. The van der Waals surface area contributed by atoms with E-state index >= 15 is 0 Å². The van der Waals surface area contributed by atoms with Crippen LogP contribution in [0, 0.1) is 0 Å². The molecule has 0 aromatic heterocycles. The van der Waals surface area contributed by atoms with Crippen molar-refractivity contribution in [2.45, 2.75) is 154 Å². The molecule has 3 atom stereocenters. The minimum atomic E-state index is -4.33. The monoisotopic (exact) mass is 672 g/mol. The number of nitrogens with zero attached hydrogens (tertiary/aromatic N) is 1. The number of quaternary nitrogens is 1. The Morgan fingerprint density at radius 2 is 1.24 bits per heavy atom. The number of unbranched alkanes of at least 4 members (excludes halogenated alkanes) is 16. The Labute approximate surface area is 283 Å². The highest BCUT2D eigenvalue weighted by atomic mass is 31.2. The van der Waals surface area contributed by atoms with Gasteiger partial charge in [-0.05, 0) is 39.0 Å². The molecule has 0 aromatic carbocycles. The van der Waals surface area contributed by atoms with Crippen LogP contribution in [0.2, 0.25) is 0 Å². The number of likely N-dealkylation sites (N-methyl/N-ethyl adjacent to an activating group) is 1. The van der Waals surface area contributed by atoms with Crippen LogP contribution < -0.4 is 5.32 Å². The van der Waals surface area contributed by atoms with Gasteiger partial charge in [-0.1, -0.05) is 133 Å². The van der Waals surface area contributed by atoms with Gasteiger partial charge in [-0.15, -0.1) is 0 Å². The van der Waals surface area contributed by atoms with Crippen LogP contribution in [0.3, 0.4) is 0 Å². The summed E-state index contributed by atoms with van der Waals surface area (Å²) in [7, 11) is 1.54. The Hall–Kier alpha value is -1.28. The summed E-state index contributed by atoms with van der Waals surface area (Å²) in [6, 6.07) is -0.862. The third-order valence-electron chi connectivity index (χ3n) is 7.94. The Morgan fingerprint density at radius 3 is 1.74 bits per heavy atom. The molecule has 0 heterocycles. The van der Waals surface area contributed by atoms with Crippen LogP contribution in [0.25, 0.3) is 0 Å². The molecule has 0 saturated heterocycles. The highest BCUT2D eigenvalue weighted by Crippen LogP contribution is 2.43. The van der Waals surface area contributed by atoms with E-state index in [1.807, 2.05) is 40.2 Å². The lowest BCUT2D eigenvalue weighted by atomic mass is 10.0. The number of amides is 1. The van der Waals surface area contributed by atoms with Crippen molar-refractivity contribution >= 4 is 13.7 Å². The molecule has 0 fully saturated rings. The van der Waals surface area contributed by atoms with Gasteiger partial charge in [-0.3, -0.25) is 13.8 Å². The maximum atomic E-state index is 12.7. The Balaban J connectivity index is 4.50. The van der Waals surface area contributed by atoms with E-state index in [9.17, 15) is 19.4 Å². The van der Waals surface area contributed by atoms with Crippen molar-refractivity contribution in [3.63, 3.8) is 0 Å². The second-order valence-corrected chi connectivity index (χ2v) is 15.1. The van der Waals surface area contributed by atoms with Crippen LogP contribution in [-0.2, 0) is 18.4 Å². The minimum Gasteiger partial charge on any atom is -0.387 e. The molecule has 9 heteroatoms. The van der Waals surface area contributed by atoms with Gasteiger partial charge in [0.2, 0.25) is 5.91 Å². The number of carbonyl (C=O) groups is 1. The summed E-state index contributed by atoms with van der Waals surface area (Å²) >= 11 is 0. The lowest BCUT2D eigenvalue weighted by Gasteiger charge is -2.25. The average Bonchev–Trinajstić information content (AvgIpc) is 2.99. The van der Waals surface area contributed by atoms with E-state index in [1.165, 1.54) is 77.0 Å². The zero-order chi connectivity index (χ0) is 34.4. The van der Waals surface area contributed by atoms with Crippen molar-refractivity contribution in [2.75, 3.05) is 40.9 Å². The van der Waals surface area contributed by atoms with Gasteiger partial charge >= 0.3 is 7.82 Å². The standard InChI is InChI=1S/C37H71N2O6P/c1-6-8-10-12-14-16-17-18-19-20-21-23-25-27-29-31-37(41)38-35(34-45-46(42,43)44-33-32-39(3,4)5)36(40)30-28-26-24-22-15-13-11-9-7-2/h7,9,15,22,28,30,35-36,40H,6,8,10-14,16-21,23-27,29,31-34H2,1-5H3,(H-,38,41,42,43)/p+1/b9-7+,22-15+,30-28+. The van der Waals surface area contributed by atoms with Crippen molar-refractivity contribution in [3.05, 3.63) is 36.5 Å². The summed E-state index contributed by atoms with van der Waals surface area (Å²) in [4.78, 5) is 22.9. The molecule has 0 rings (SSSR count). The van der Waals surface area contributed by atoms with E-state index in [1.54, 1.807) is 6.08 Å². The number of nitrogens with one attached hydrogen (secondary N) is 1. The second kappa shape index (κ2) is 29.8. The van der Waals surface area contributed by atoms with Gasteiger partial charge in [-0.2, -0.15) is 0 Å². The van der Waals surface area contributed by atoms with Crippen molar-refractivity contribution in [2.24, 2.45) is 0 Å². The number of hydrogen-bond donors (Lipinski definition) is 3. The maximum Gasteiger partial charge on any atom is 0.472 e. The van der Waals surface area contributed by atoms with Gasteiger partial charge in [-0.25, -0.2) is 4.57 Å². The molecule has 1 amide bonds. The summed E-state index contributed by atoms with van der Waals surface area (Å²) in [6.07, 6.45) is 33.7. The van der Waals surface area contributed by atoms with Crippen LogP contribution in [0.5, 0.6) is 0 Å². The van der Waals surface area contributed by atoms with Crippen molar-refractivity contribution in [1.82, 2.24) is 5.32 Å². The number of aliphatic hydroxyl groups is 1.